The molecule has 3 aromatic carbocycles. The van der Waals surface area contributed by atoms with E-state index >= 15 is 0 Å². The quantitative estimate of drug-likeness (QED) is 0.461. The molecule has 178 valence electrons. The highest BCUT2D eigenvalue weighted by molar-refractivity contribution is 6.01. The summed E-state index contributed by atoms with van der Waals surface area (Å²) < 4.78 is 49.9. The summed E-state index contributed by atoms with van der Waals surface area (Å²) in [6.45, 7) is 2.24. The second kappa shape index (κ2) is 9.77. The van der Waals surface area contributed by atoms with Gasteiger partial charge in [-0.1, -0.05) is 24.3 Å². The minimum atomic E-state index is -4.41. The second-order valence-electron chi connectivity index (χ2n) is 7.88. The zero-order valence-electron chi connectivity index (χ0n) is 18.8. The van der Waals surface area contributed by atoms with E-state index in [1.165, 1.54) is 12.1 Å². The molecule has 1 aliphatic rings. The van der Waals surface area contributed by atoms with Crippen molar-refractivity contribution in [3.8, 4) is 17.2 Å². The predicted octanol–water partition coefficient (Wildman–Crippen LogP) is 6.04. The maximum atomic E-state index is 13.0. The number of hydrogen-bond acceptors (Lipinski definition) is 5. The largest absolute Gasteiger partial charge is 0.504 e. The Hall–Kier alpha value is -3.52. The van der Waals surface area contributed by atoms with Crippen LogP contribution in [0.3, 0.4) is 0 Å². The number of rotatable bonds is 6. The molecule has 0 saturated heterocycles. The number of methoxy groups -OCH3 is 1. The smallest absolute Gasteiger partial charge is 0.416 e. The molecule has 1 heterocycles. The van der Waals surface area contributed by atoms with Gasteiger partial charge < -0.3 is 14.6 Å². The lowest BCUT2D eigenvalue weighted by molar-refractivity contribution is -0.137. The van der Waals surface area contributed by atoms with E-state index in [2.05, 4.69) is 5.32 Å². The van der Waals surface area contributed by atoms with Crippen molar-refractivity contribution in [2.24, 2.45) is 4.99 Å². The monoisotopic (exact) mass is 470 g/mol. The highest BCUT2D eigenvalue weighted by Gasteiger charge is 2.32. The van der Waals surface area contributed by atoms with Crippen LogP contribution in [-0.2, 0) is 6.18 Å². The molecule has 0 aliphatic carbocycles. The van der Waals surface area contributed by atoms with E-state index in [1.54, 1.807) is 25.3 Å². The van der Waals surface area contributed by atoms with Crippen LogP contribution in [0, 0.1) is 0 Å². The van der Waals surface area contributed by atoms with Crippen LogP contribution in [0.4, 0.5) is 13.2 Å². The lowest BCUT2D eigenvalue weighted by Crippen LogP contribution is -2.33. The average Bonchev–Trinajstić information content (AvgIpc) is 2.85. The summed E-state index contributed by atoms with van der Waals surface area (Å²) in [5.74, 6) is 1.11. The number of aromatic hydroxyl groups is 1. The number of phenols is 1. The fourth-order valence-electron chi connectivity index (χ4n) is 3.98. The first kappa shape index (κ1) is 23.6. The molecule has 2 N–H and O–H groups in total. The minimum Gasteiger partial charge on any atom is -0.504 e. The van der Waals surface area contributed by atoms with Crippen molar-refractivity contribution in [2.75, 3.05) is 13.7 Å². The van der Waals surface area contributed by atoms with E-state index in [4.69, 9.17) is 14.5 Å². The number of para-hydroxylation sites is 1. The Bertz CT molecular complexity index is 1160. The van der Waals surface area contributed by atoms with Crippen LogP contribution >= 0.6 is 0 Å². The van der Waals surface area contributed by atoms with Gasteiger partial charge in [-0.15, -0.1) is 0 Å². The van der Waals surface area contributed by atoms with Crippen molar-refractivity contribution in [2.45, 2.75) is 31.7 Å². The number of nitrogens with one attached hydrogen (secondary N) is 1. The van der Waals surface area contributed by atoms with Gasteiger partial charge in [0.1, 0.15) is 11.9 Å². The van der Waals surface area contributed by atoms with E-state index in [1.807, 2.05) is 31.2 Å². The van der Waals surface area contributed by atoms with Crippen molar-refractivity contribution in [1.82, 2.24) is 5.32 Å². The lowest BCUT2D eigenvalue weighted by atomic mass is 9.93. The molecule has 0 saturated carbocycles. The number of nitrogens with zero attached hydrogens (tertiary/aromatic N) is 1. The lowest BCUT2D eigenvalue weighted by Gasteiger charge is -2.31. The predicted molar refractivity (Wildman–Crippen MR) is 123 cm³/mol. The number of phenolic OH excluding ortho intramolecular Hbond substituents is 1. The molecule has 0 fully saturated rings. The fourth-order valence-corrected chi connectivity index (χ4v) is 3.98. The van der Waals surface area contributed by atoms with Crippen LogP contribution in [0.1, 0.15) is 47.8 Å². The van der Waals surface area contributed by atoms with Crippen molar-refractivity contribution in [1.29, 1.82) is 0 Å². The third-order valence-electron chi connectivity index (χ3n) is 5.72. The molecular weight excluding hydrogens is 445 g/mol. The normalized spacial score (nSPS) is 18.3. The van der Waals surface area contributed by atoms with E-state index in [9.17, 15) is 18.3 Å². The molecule has 8 heteroatoms. The van der Waals surface area contributed by atoms with Crippen LogP contribution in [0.25, 0.3) is 0 Å². The molecule has 0 bridgehead atoms. The van der Waals surface area contributed by atoms with Crippen LogP contribution in [0.2, 0.25) is 0 Å². The molecule has 0 radical (unpaired) electrons. The van der Waals surface area contributed by atoms with E-state index in [0.717, 1.165) is 23.4 Å². The summed E-state index contributed by atoms with van der Waals surface area (Å²) in [6.07, 6.45) is -4.55. The Labute approximate surface area is 195 Å². The third-order valence-corrected chi connectivity index (χ3v) is 5.72. The molecule has 0 spiro atoms. The summed E-state index contributed by atoms with van der Waals surface area (Å²) in [7, 11) is 1.59. The number of aliphatic imine (C=N–C) groups is 1. The van der Waals surface area contributed by atoms with Gasteiger partial charge in [0.2, 0.25) is 0 Å². The van der Waals surface area contributed by atoms with Gasteiger partial charge in [-0.25, -0.2) is 0 Å². The Morgan fingerprint density at radius 3 is 2.35 bits per heavy atom. The van der Waals surface area contributed by atoms with Crippen molar-refractivity contribution in [3.05, 3.63) is 89.0 Å². The summed E-state index contributed by atoms with van der Waals surface area (Å²) in [5.41, 5.74) is 2.13. The Morgan fingerprint density at radius 2 is 1.74 bits per heavy atom. The van der Waals surface area contributed by atoms with Gasteiger partial charge in [-0.3, -0.25) is 10.3 Å². The van der Waals surface area contributed by atoms with Gasteiger partial charge in [-0.2, -0.15) is 13.2 Å². The summed E-state index contributed by atoms with van der Waals surface area (Å²) in [4.78, 5) is 4.80. The Balaban J connectivity index is 1.73. The highest BCUT2D eigenvalue weighted by Crippen LogP contribution is 2.39. The Kier molecular flexibility index (Phi) is 6.79. The second-order valence-corrected chi connectivity index (χ2v) is 7.88. The molecule has 0 amide bonds. The van der Waals surface area contributed by atoms with Gasteiger partial charge in [0.05, 0.1) is 19.3 Å². The van der Waals surface area contributed by atoms with Gasteiger partial charge in [0.25, 0.3) is 0 Å². The maximum absolute atomic E-state index is 13.0. The number of benzene rings is 3. The zero-order chi connectivity index (χ0) is 24.3. The number of alkyl halides is 3. The van der Waals surface area contributed by atoms with Crippen molar-refractivity contribution in [3.63, 3.8) is 0 Å². The Morgan fingerprint density at radius 1 is 1.03 bits per heavy atom. The van der Waals surface area contributed by atoms with Crippen molar-refractivity contribution < 1.29 is 27.8 Å². The summed E-state index contributed by atoms with van der Waals surface area (Å²) in [6, 6.07) is 17.3. The third kappa shape index (κ3) is 5.02. The van der Waals surface area contributed by atoms with Gasteiger partial charge in [0, 0.05) is 23.7 Å². The van der Waals surface area contributed by atoms with Crippen molar-refractivity contribution >= 4 is 5.71 Å². The standard InChI is InChI=1S/C26H25F3N2O3/c1-3-34-23-6-4-5-20(24(23)32)22-15-21(16-9-13-19(33-2)14-10-16)30-25(31-22)17-7-11-18(12-8-17)26(27,28)29/h4-14,22,25,31-32H,3,15H2,1-2H3/t22-,25+/m0/s1. The van der Waals surface area contributed by atoms with Gasteiger partial charge in [0.15, 0.2) is 11.5 Å². The molecule has 3 aromatic rings. The molecule has 4 rings (SSSR count). The maximum Gasteiger partial charge on any atom is 0.416 e. The summed E-state index contributed by atoms with van der Waals surface area (Å²) in [5, 5.41) is 14.2. The number of hydrogen-bond donors (Lipinski definition) is 2. The first-order chi connectivity index (χ1) is 16.3. The van der Waals surface area contributed by atoms with Crippen LogP contribution < -0.4 is 14.8 Å². The SMILES string of the molecule is CCOc1cccc([C@@H]2CC(c3ccc(OC)cc3)=N[C@@H](c3ccc(C(F)(F)F)cc3)N2)c1O. The fraction of sp³-hybridized carbons (Fsp3) is 0.269. The molecular formula is C26H25F3N2O3. The molecule has 5 nitrogen and oxygen atoms in total. The van der Waals surface area contributed by atoms with Gasteiger partial charge >= 0.3 is 6.18 Å². The van der Waals surface area contributed by atoms with Crippen LogP contribution in [0.15, 0.2) is 71.7 Å². The number of halogens is 3. The zero-order valence-corrected chi connectivity index (χ0v) is 18.8. The number of ether oxygens (including phenoxy) is 2. The van der Waals surface area contributed by atoms with Crippen LogP contribution in [-0.4, -0.2) is 24.5 Å². The average molecular weight is 470 g/mol. The topological polar surface area (TPSA) is 63.1 Å². The molecule has 1 aliphatic heterocycles. The summed E-state index contributed by atoms with van der Waals surface area (Å²) >= 11 is 0. The first-order valence-electron chi connectivity index (χ1n) is 10.9. The first-order valence-corrected chi connectivity index (χ1v) is 10.9. The van der Waals surface area contributed by atoms with E-state index in [0.29, 0.717) is 35.7 Å². The highest BCUT2D eigenvalue weighted by atomic mass is 19.4. The van der Waals surface area contributed by atoms with E-state index < -0.39 is 17.9 Å². The van der Waals surface area contributed by atoms with Gasteiger partial charge in [-0.05, 0) is 60.5 Å². The molecule has 0 unspecified atom stereocenters. The molecule has 2 atom stereocenters. The van der Waals surface area contributed by atoms with Crippen LogP contribution in [0.5, 0.6) is 17.2 Å². The molecule has 34 heavy (non-hydrogen) atoms. The van der Waals surface area contributed by atoms with E-state index in [-0.39, 0.29) is 11.8 Å². The minimum absolute atomic E-state index is 0.0315. The molecule has 0 aromatic heterocycles.